The van der Waals surface area contributed by atoms with Crippen LogP contribution in [0, 0.1) is 12.3 Å². The fourth-order valence-corrected chi connectivity index (χ4v) is 1.37. The molecular weight excluding hydrogens is 184 g/mol. The van der Waals surface area contributed by atoms with Gasteiger partial charge in [-0.3, -0.25) is 5.41 Å². The van der Waals surface area contributed by atoms with Crippen molar-refractivity contribution in [3.63, 3.8) is 0 Å². The van der Waals surface area contributed by atoms with Crippen molar-refractivity contribution in [1.29, 1.82) is 5.41 Å². The summed E-state index contributed by atoms with van der Waals surface area (Å²) in [4.78, 5) is 0. The Hall–Kier alpha value is -1.83. The molecule has 0 aliphatic carbocycles. The lowest BCUT2D eigenvalue weighted by molar-refractivity contribution is 0.948. The smallest absolute Gasteiger partial charge is 0.129 e. The van der Waals surface area contributed by atoms with Crippen LogP contribution in [0.4, 0.5) is 0 Å². The molecule has 0 unspecified atom stereocenters. The van der Waals surface area contributed by atoms with E-state index in [0.29, 0.717) is 5.49 Å². The first-order valence-corrected chi connectivity index (χ1v) is 4.89. The van der Waals surface area contributed by atoms with Crippen LogP contribution in [0.3, 0.4) is 0 Å². The second-order valence-electron chi connectivity index (χ2n) is 3.23. The molecule has 1 rings (SSSR count). The van der Waals surface area contributed by atoms with E-state index < -0.39 is 0 Å². The topological polar surface area (TPSA) is 28.8 Å². The minimum atomic E-state index is 0.474. The lowest BCUT2D eigenvalue weighted by Crippen LogP contribution is -2.17. The van der Waals surface area contributed by atoms with E-state index in [2.05, 4.69) is 6.58 Å². The van der Waals surface area contributed by atoms with Gasteiger partial charge in [-0.05, 0) is 31.6 Å². The van der Waals surface area contributed by atoms with Crippen LogP contribution in [-0.4, -0.2) is 4.57 Å². The average molecular weight is 200 g/mol. The highest BCUT2D eigenvalue weighted by molar-refractivity contribution is 5.54. The highest BCUT2D eigenvalue weighted by atomic mass is 15.0. The van der Waals surface area contributed by atoms with Crippen molar-refractivity contribution in [3.05, 3.63) is 53.7 Å². The normalized spacial score (nSPS) is 11.3. The van der Waals surface area contributed by atoms with Crippen LogP contribution >= 0.6 is 0 Å². The zero-order valence-corrected chi connectivity index (χ0v) is 9.20. The molecule has 0 aliphatic heterocycles. The van der Waals surface area contributed by atoms with E-state index in [1.807, 2.05) is 48.9 Å². The predicted molar refractivity (Wildman–Crippen MR) is 65.3 cm³/mol. The van der Waals surface area contributed by atoms with Gasteiger partial charge >= 0.3 is 0 Å². The Morgan fingerprint density at radius 3 is 2.73 bits per heavy atom. The molecule has 1 heterocycles. The lowest BCUT2D eigenvalue weighted by Gasteiger charge is -2.08. The third-order valence-electron chi connectivity index (χ3n) is 2.10. The maximum atomic E-state index is 7.80. The molecule has 0 bridgehead atoms. The lowest BCUT2D eigenvalue weighted by atomic mass is 10.2. The van der Waals surface area contributed by atoms with Crippen LogP contribution in [0.1, 0.15) is 18.2 Å². The number of aromatic nitrogens is 1. The summed E-state index contributed by atoms with van der Waals surface area (Å²) in [6.45, 7) is 7.61. The number of nitrogens with zero attached hydrogens (tertiary/aromatic N) is 1. The van der Waals surface area contributed by atoms with Gasteiger partial charge < -0.3 is 4.57 Å². The Kier molecular flexibility index (Phi) is 3.86. The van der Waals surface area contributed by atoms with E-state index in [1.165, 1.54) is 0 Å². The van der Waals surface area contributed by atoms with Gasteiger partial charge in [0, 0.05) is 11.9 Å². The molecular formula is C13H16N2. The van der Waals surface area contributed by atoms with Crippen molar-refractivity contribution in [1.82, 2.24) is 4.57 Å². The van der Waals surface area contributed by atoms with Crippen LogP contribution in [0.25, 0.3) is 12.3 Å². The van der Waals surface area contributed by atoms with Crippen molar-refractivity contribution < 1.29 is 0 Å². The van der Waals surface area contributed by atoms with E-state index in [4.69, 9.17) is 5.41 Å². The monoisotopic (exact) mass is 200 g/mol. The average Bonchev–Trinajstić information content (AvgIpc) is 2.23. The van der Waals surface area contributed by atoms with Crippen LogP contribution in [-0.2, 0) is 0 Å². The number of aryl methyl sites for hydroxylation is 1. The summed E-state index contributed by atoms with van der Waals surface area (Å²) >= 11 is 0. The third kappa shape index (κ3) is 2.56. The second kappa shape index (κ2) is 5.15. The van der Waals surface area contributed by atoms with Gasteiger partial charge in [0.2, 0.25) is 0 Å². The first-order valence-electron chi connectivity index (χ1n) is 4.89. The Morgan fingerprint density at radius 2 is 2.13 bits per heavy atom. The molecule has 1 N–H and O–H groups in total. The van der Waals surface area contributed by atoms with Gasteiger partial charge in [-0.1, -0.05) is 30.9 Å². The van der Waals surface area contributed by atoms with Gasteiger partial charge in [-0.25, -0.2) is 0 Å². The minimum Gasteiger partial charge on any atom is -0.302 e. The molecule has 0 fully saturated rings. The SMILES string of the molecule is C=C/C=C\c1c(C)ccc(=N)n1/C=C\C. The van der Waals surface area contributed by atoms with Crippen molar-refractivity contribution >= 4 is 12.3 Å². The molecule has 0 aromatic carbocycles. The van der Waals surface area contributed by atoms with E-state index in [-0.39, 0.29) is 0 Å². The van der Waals surface area contributed by atoms with E-state index in [9.17, 15) is 0 Å². The molecule has 1 aromatic rings. The largest absolute Gasteiger partial charge is 0.302 e. The zero-order chi connectivity index (χ0) is 11.3. The van der Waals surface area contributed by atoms with Gasteiger partial charge in [0.05, 0.1) is 0 Å². The number of rotatable bonds is 3. The van der Waals surface area contributed by atoms with Crippen LogP contribution in [0.2, 0.25) is 0 Å². The maximum Gasteiger partial charge on any atom is 0.129 e. The van der Waals surface area contributed by atoms with Crippen LogP contribution in [0.15, 0.2) is 36.9 Å². The quantitative estimate of drug-likeness (QED) is 0.727. The van der Waals surface area contributed by atoms with Crippen molar-refractivity contribution in [2.45, 2.75) is 13.8 Å². The predicted octanol–water partition coefficient (Wildman–Crippen LogP) is 2.97. The molecule has 15 heavy (non-hydrogen) atoms. The number of hydrogen-bond acceptors (Lipinski definition) is 1. The van der Waals surface area contributed by atoms with Crippen LogP contribution < -0.4 is 5.49 Å². The Balaban J connectivity index is 3.44. The van der Waals surface area contributed by atoms with Crippen molar-refractivity contribution in [2.75, 3.05) is 0 Å². The van der Waals surface area contributed by atoms with Gasteiger partial charge in [0.1, 0.15) is 5.49 Å². The number of nitrogens with one attached hydrogen (secondary N) is 1. The highest BCUT2D eigenvalue weighted by Crippen LogP contribution is 2.07. The van der Waals surface area contributed by atoms with E-state index in [0.717, 1.165) is 11.3 Å². The highest BCUT2D eigenvalue weighted by Gasteiger charge is 1.98. The molecule has 2 heteroatoms. The Morgan fingerprint density at radius 1 is 1.40 bits per heavy atom. The minimum absolute atomic E-state index is 0.474. The summed E-state index contributed by atoms with van der Waals surface area (Å²) in [5.74, 6) is 0. The van der Waals surface area contributed by atoms with E-state index in [1.54, 1.807) is 12.1 Å². The number of allylic oxidation sites excluding steroid dienone is 3. The van der Waals surface area contributed by atoms with E-state index >= 15 is 0 Å². The summed E-state index contributed by atoms with van der Waals surface area (Å²) in [5, 5.41) is 7.80. The Labute approximate surface area is 90.4 Å². The second-order valence-corrected chi connectivity index (χ2v) is 3.23. The molecule has 0 amide bonds. The summed E-state index contributed by atoms with van der Waals surface area (Å²) in [6, 6.07) is 3.74. The first kappa shape index (κ1) is 11.2. The number of pyridine rings is 1. The Bertz CT molecular complexity index is 462. The van der Waals surface area contributed by atoms with Gasteiger partial charge in [0.25, 0.3) is 0 Å². The van der Waals surface area contributed by atoms with Gasteiger partial charge in [-0.15, -0.1) is 0 Å². The maximum absolute atomic E-state index is 7.80. The number of hydrogen-bond donors (Lipinski definition) is 1. The zero-order valence-electron chi connectivity index (χ0n) is 9.20. The molecule has 78 valence electrons. The summed E-state index contributed by atoms with van der Waals surface area (Å²) < 4.78 is 1.84. The van der Waals surface area contributed by atoms with Crippen molar-refractivity contribution in [3.8, 4) is 0 Å². The fourth-order valence-electron chi connectivity index (χ4n) is 1.37. The molecule has 1 aromatic heterocycles. The first-order chi connectivity index (χ1) is 7.20. The molecule has 0 saturated heterocycles. The van der Waals surface area contributed by atoms with Crippen molar-refractivity contribution in [2.24, 2.45) is 0 Å². The molecule has 0 saturated carbocycles. The van der Waals surface area contributed by atoms with Gasteiger partial charge in [0.15, 0.2) is 0 Å². The molecule has 0 aliphatic rings. The summed E-state index contributed by atoms with van der Waals surface area (Å²) in [5.41, 5.74) is 2.63. The van der Waals surface area contributed by atoms with Crippen LogP contribution in [0.5, 0.6) is 0 Å². The molecule has 2 nitrogen and oxygen atoms in total. The standard InChI is InChI=1S/C13H16N2/c1-4-6-7-12-11(3)8-9-13(14)15(12)10-5-2/h4-10,14H,1H2,2-3H3/b7-6-,10-5-,14-13?. The third-order valence-corrected chi connectivity index (χ3v) is 2.10. The molecule has 0 radical (unpaired) electrons. The summed E-state index contributed by atoms with van der Waals surface area (Å²) in [7, 11) is 0. The van der Waals surface area contributed by atoms with Gasteiger partial charge in [-0.2, -0.15) is 0 Å². The fraction of sp³-hybridized carbons (Fsp3) is 0.154. The molecule has 0 spiro atoms. The molecule has 0 atom stereocenters. The summed E-state index contributed by atoms with van der Waals surface area (Å²) in [6.07, 6.45) is 9.37.